The van der Waals surface area contributed by atoms with Crippen molar-refractivity contribution in [2.24, 2.45) is 0 Å². The monoisotopic (exact) mass is 465 g/mol. The van der Waals surface area contributed by atoms with Gasteiger partial charge in [-0.1, -0.05) is 18.5 Å². The van der Waals surface area contributed by atoms with Gasteiger partial charge < -0.3 is 13.9 Å². The van der Waals surface area contributed by atoms with Crippen LogP contribution in [0.25, 0.3) is 11.0 Å². The fourth-order valence-corrected chi connectivity index (χ4v) is 4.24. The molecule has 0 saturated carbocycles. The number of methoxy groups -OCH3 is 1. The SMILES string of the molecule is CCc1cc2oc(=O)cc(COC(=O)c3ccc(OC)c(S(=O)(=O)NC)c3)c2cc1Cl. The van der Waals surface area contributed by atoms with Crippen molar-refractivity contribution >= 4 is 38.6 Å². The molecule has 1 heterocycles. The van der Waals surface area contributed by atoms with Crippen molar-refractivity contribution in [1.82, 2.24) is 4.72 Å². The van der Waals surface area contributed by atoms with Crippen LogP contribution in [-0.4, -0.2) is 28.5 Å². The maximum Gasteiger partial charge on any atom is 0.338 e. The Hall–Kier alpha value is -2.88. The van der Waals surface area contributed by atoms with Gasteiger partial charge in [-0.25, -0.2) is 22.7 Å². The summed E-state index contributed by atoms with van der Waals surface area (Å²) in [7, 11) is -1.29. The number of rotatable bonds is 7. The van der Waals surface area contributed by atoms with E-state index in [9.17, 15) is 18.0 Å². The van der Waals surface area contributed by atoms with Crippen LogP contribution in [0.5, 0.6) is 5.75 Å². The normalized spacial score (nSPS) is 11.5. The average molecular weight is 466 g/mol. The van der Waals surface area contributed by atoms with Gasteiger partial charge in [-0.15, -0.1) is 0 Å². The van der Waals surface area contributed by atoms with Crippen LogP contribution in [-0.2, 0) is 27.8 Å². The molecule has 3 rings (SSSR count). The highest BCUT2D eigenvalue weighted by Gasteiger charge is 2.21. The molecule has 2 aromatic carbocycles. The van der Waals surface area contributed by atoms with E-state index in [2.05, 4.69) is 4.72 Å². The van der Waals surface area contributed by atoms with Crippen LogP contribution in [0, 0.1) is 0 Å². The number of hydrogen-bond donors (Lipinski definition) is 1. The minimum Gasteiger partial charge on any atom is -0.495 e. The maximum atomic E-state index is 12.6. The lowest BCUT2D eigenvalue weighted by atomic mass is 10.1. The maximum absolute atomic E-state index is 12.6. The molecule has 0 aliphatic carbocycles. The lowest BCUT2D eigenvalue weighted by molar-refractivity contribution is 0.0473. The quantitative estimate of drug-likeness (QED) is 0.421. The van der Waals surface area contributed by atoms with Gasteiger partial charge in [0.25, 0.3) is 0 Å². The van der Waals surface area contributed by atoms with Crippen molar-refractivity contribution in [1.29, 1.82) is 0 Å². The number of hydrogen-bond acceptors (Lipinski definition) is 7. The van der Waals surface area contributed by atoms with Gasteiger partial charge in [-0.2, -0.15) is 0 Å². The van der Waals surface area contributed by atoms with Crippen LogP contribution in [0.15, 0.2) is 50.5 Å². The van der Waals surface area contributed by atoms with E-state index in [1.165, 1.54) is 32.4 Å². The summed E-state index contributed by atoms with van der Waals surface area (Å²) in [5.74, 6) is -0.688. The van der Waals surface area contributed by atoms with Gasteiger partial charge >= 0.3 is 11.6 Å². The number of benzene rings is 2. The largest absolute Gasteiger partial charge is 0.495 e. The third kappa shape index (κ3) is 4.73. The van der Waals surface area contributed by atoms with E-state index in [-0.39, 0.29) is 22.8 Å². The predicted molar refractivity (Wildman–Crippen MR) is 115 cm³/mol. The van der Waals surface area contributed by atoms with E-state index >= 15 is 0 Å². The lowest BCUT2D eigenvalue weighted by Gasteiger charge is -2.12. The lowest BCUT2D eigenvalue weighted by Crippen LogP contribution is -2.20. The molecule has 0 unspecified atom stereocenters. The molecule has 164 valence electrons. The summed E-state index contributed by atoms with van der Waals surface area (Å²) in [6, 6.07) is 8.48. The number of halogens is 1. The first kappa shape index (κ1) is 22.8. The summed E-state index contributed by atoms with van der Waals surface area (Å²) < 4.78 is 42.2. The van der Waals surface area contributed by atoms with Crippen LogP contribution >= 0.6 is 11.6 Å². The molecule has 0 radical (unpaired) electrons. The molecular weight excluding hydrogens is 446 g/mol. The molecule has 0 fully saturated rings. The van der Waals surface area contributed by atoms with Crippen molar-refractivity contribution in [2.45, 2.75) is 24.8 Å². The number of aryl methyl sites for hydroxylation is 1. The van der Waals surface area contributed by atoms with E-state index in [0.29, 0.717) is 28.0 Å². The molecule has 0 spiro atoms. The summed E-state index contributed by atoms with van der Waals surface area (Å²) in [6.45, 7) is 1.69. The second-order valence-corrected chi connectivity index (χ2v) is 8.80. The molecule has 1 N–H and O–H groups in total. The van der Waals surface area contributed by atoms with Gasteiger partial charge in [0.15, 0.2) is 0 Å². The van der Waals surface area contributed by atoms with Gasteiger partial charge in [0.05, 0.1) is 12.7 Å². The number of carbonyl (C=O) groups is 1. The Bertz CT molecular complexity index is 1320. The summed E-state index contributed by atoms with van der Waals surface area (Å²) >= 11 is 6.27. The number of carbonyl (C=O) groups excluding carboxylic acids is 1. The average Bonchev–Trinajstić information content (AvgIpc) is 2.76. The second-order valence-electron chi connectivity index (χ2n) is 6.53. The number of ether oxygens (including phenoxy) is 2. The molecule has 8 nitrogen and oxygen atoms in total. The van der Waals surface area contributed by atoms with E-state index in [4.69, 9.17) is 25.5 Å². The molecule has 0 bridgehead atoms. The smallest absolute Gasteiger partial charge is 0.338 e. The summed E-state index contributed by atoms with van der Waals surface area (Å²) in [6.07, 6.45) is 0.660. The molecule has 1 aromatic heterocycles. The zero-order valence-electron chi connectivity index (χ0n) is 17.0. The van der Waals surface area contributed by atoms with Crippen molar-refractivity contribution in [3.8, 4) is 5.75 Å². The molecule has 0 saturated heterocycles. The minimum atomic E-state index is -3.86. The highest BCUT2D eigenvalue weighted by molar-refractivity contribution is 7.89. The summed E-state index contributed by atoms with van der Waals surface area (Å²) in [5, 5.41) is 1.05. The Morgan fingerprint density at radius 1 is 1.16 bits per heavy atom. The molecule has 0 aliphatic heterocycles. The van der Waals surface area contributed by atoms with Crippen molar-refractivity contribution in [2.75, 3.05) is 14.2 Å². The fourth-order valence-electron chi connectivity index (χ4n) is 3.03. The van der Waals surface area contributed by atoms with Crippen LogP contribution in [0.2, 0.25) is 5.02 Å². The fraction of sp³-hybridized carbons (Fsp3) is 0.238. The molecule has 0 aliphatic rings. The first-order valence-corrected chi connectivity index (χ1v) is 11.1. The number of sulfonamides is 1. The summed E-state index contributed by atoms with van der Waals surface area (Å²) in [4.78, 5) is 24.3. The Kier molecular flexibility index (Phi) is 6.68. The Balaban J connectivity index is 1.92. The van der Waals surface area contributed by atoms with Crippen molar-refractivity contribution in [3.05, 3.63) is 68.5 Å². The third-order valence-corrected chi connectivity index (χ3v) is 6.48. The van der Waals surface area contributed by atoms with E-state index in [0.717, 1.165) is 11.6 Å². The Morgan fingerprint density at radius 2 is 1.90 bits per heavy atom. The third-order valence-electron chi connectivity index (χ3n) is 4.69. The summed E-state index contributed by atoms with van der Waals surface area (Å²) in [5.41, 5.74) is 0.998. The minimum absolute atomic E-state index is 0.00759. The van der Waals surface area contributed by atoms with Crippen LogP contribution in [0.4, 0.5) is 0 Å². The Morgan fingerprint density at radius 3 is 2.55 bits per heavy atom. The molecule has 31 heavy (non-hydrogen) atoms. The molecule has 10 heteroatoms. The van der Waals surface area contributed by atoms with Gasteiger partial charge in [0.1, 0.15) is 22.8 Å². The highest BCUT2D eigenvalue weighted by atomic mass is 35.5. The van der Waals surface area contributed by atoms with E-state index in [1.54, 1.807) is 12.1 Å². The molecule has 3 aromatic rings. The second kappa shape index (κ2) is 9.09. The van der Waals surface area contributed by atoms with Gasteiger partial charge in [-0.05, 0) is 49.4 Å². The highest BCUT2D eigenvalue weighted by Crippen LogP contribution is 2.28. The first-order chi connectivity index (χ1) is 14.7. The van der Waals surface area contributed by atoms with E-state index in [1.807, 2.05) is 6.92 Å². The number of fused-ring (bicyclic) bond motifs is 1. The first-order valence-electron chi connectivity index (χ1n) is 9.24. The van der Waals surface area contributed by atoms with Crippen molar-refractivity contribution in [3.63, 3.8) is 0 Å². The van der Waals surface area contributed by atoms with Gasteiger partial charge in [0, 0.05) is 22.0 Å². The Labute approximate surface area is 183 Å². The van der Waals surface area contributed by atoms with Gasteiger partial charge in [-0.3, -0.25) is 0 Å². The zero-order chi connectivity index (χ0) is 22.8. The van der Waals surface area contributed by atoms with E-state index < -0.39 is 21.6 Å². The van der Waals surface area contributed by atoms with Crippen molar-refractivity contribution < 1.29 is 27.1 Å². The van der Waals surface area contributed by atoms with Crippen LogP contribution < -0.4 is 15.1 Å². The standard InChI is InChI=1S/C21H20ClNO7S/c1-4-12-7-18-15(10-16(12)22)14(9-20(24)30-18)11-29-21(25)13-5-6-17(28-3)19(8-13)31(26,27)23-2/h5-10,23H,4,11H2,1-3H3. The number of nitrogens with one attached hydrogen (secondary N) is 1. The van der Waals surface area contributed by atoms with Crippen LogP contribution in [0.3, 0.4) is 0 Å². The topological polar surface area (TPSA) is 112 Å². The van der Waals surface area contributed by atoms with Gasteiger partial charge in [0.2, 0.25) is 10.0 Å². The molecule has 0 amide bonds. The molecular formula is C21H20ClNO7S. The molecule has 0 atom stereocenters. The zero-order valence-corrected chi connectivity index (χ0v) is 18.6. The number of esters is 1. The predicted octanol–water partition coefficient (Wildman–Crippen LogP) is 3.28. The van der Waals surface area contributed by atoms with Crippen LogP contribution in [0.1, 0.15) is 28.4 Å².